The number of nitrogens with zero attached hydrogens (tertiary/aromatic N) is 1. The van der Waals surface area contributed by atoms with E-state index in [2.05, 4.69) is 53.7 Å². The Labute approximate surface area is 152 Å². The minimum Gasteiger partial charge on any atom is -0.381 e. The van der Waals surface area contributed by atoms with Crippen LogP contribution in [0.25, 0.3) is 0 Å². The van der Waals surface area contributed by atoms with E-state index in [4.69, 9.17) is 9.47 Å². The van der Waals surface area contributed by atoms with Crippen LogP contribution in [0.15, 0.2) is 29.3 Å². The van der Waals surface area contributed by atoms with E-state index in [9.17, 15) is 0 Å². The lowest BCUT2D eigenvalue weighted by Gasteiger charge is -2.16. The molecule has 0 spiro atoms. The molecule has 1 aliphatic heterocycles. The Morgan fingerprint density at radius 3 is 2.80 bits per heavy atom. The molecule has 1 heterocycles. The summed E-state index contributed by atoms with van der Waals surface area (Å²) in [6, 6.07) is 8.72. The van der Waals surface area contributed by atoms with Crippen LogP contribution in [0.4, 0.5) is 0 Å². The van der Waals surface area contributed by atoms with Crippen molar-refractivity contribution in [2.45, 2.75) is 32.6 Å². The molecule has 2 N–H and O–H groups in total. The summed E-state index contributed by atoms with van der Waals surface area (Å²) in [6.45, 7) is 9.41. The predicted molar refractivity (Wildman–Crippen MR) is 103 cm³/mol. The number of guanidine groups is 1. The van der Waals surface area contributed by atoms with E-state index >= 15 is 0 Å². The third kappa shape index (κ3) is 7.45. The summed E-state index contributed by atoms with van der Waals surface area (Å²) < 4.78 is 11.1. The smallest absolute Gasteiger partial charge is 0.190 e. The Morgan fingerprint density at radius 1 is 1.32 bits per heavy atom. The minimum atomic E-state index is 0.441. The van der Waals surface area contributed by atoms with Crippen LogP contribution < -0.4 is 10.6 Å². The molecule has 140 valence electrons. The number of ether oxygens (including phenoxy) is 2. The van der Waals surface area contributed by atoms with E-state index in [-0.39, 0.29) is 0 Å². The highest BCUT2D eigenvalue weighted by Crippen LogP contribution is 2.14. The molecule has 1 fully saturated rings. The maximum atomic E-state index is 5.72. The molecule has 2 atom stereocenters. The molecule has 1 aliphatic rings. The third-order valence-corrected chi connectivity index (χ3v) is 4.58. The predicted octanol–water partition coefficient (Wildman–Crippen LogP) is 2.71. The molecule has 2 rings (SSSR count). The topological polar surface area (TPSA) is 54.9 Å². The van der Waals surface area contributed by atoms with E-state index in [1.807, 2.05) is 7.05 Å². The number of rotatable bonds is 9. The van der Waals surface area contributed by atoms with Gasteiger partial charge in [-0.3, -0.25) is 4.99 Å². The quantitative estimate of drug-likeness (QED) is 0.410. The first-order chi connectivity index (χ1) is 12.2. The molecule has 1 aromatic carbocycles. The highest BCUT2D eigenvalue weighted by molar-refractivity contribution is 5.79. The molecule has 5 heteroatoms. The van der Waals surface area contributed by atoms with Gasteiger partial charge >= 0.3 is 0 Å². The molecule has 1 saturated heterocycles. The fraction of sp³-hybridized carbons (Fsp3) is 0.650. The van der Waals surface area contributed by atoms with Crippen LogP contribution in [-0.2, 0) is 9.47 Å². The number of nitrogens with one attached hydrogen (secondary N) is 2. The Bertz CT molecular complexity index is 510. The van der Waals surface area contributed by atoms with Gasteiger partial charge in [0, 0.05) is 39.3 Å². The largest absolute Gasteiger partial charge is 0.381 e. The minimum absolute atomic E-state index is 0.441. The van der Waals surface area contributed by atoms with Gasteiger partial charge in [-0.1, -0.05) is 36.8 Å². The van der Waals surface area contributed by atoms with Gasteiger partial charge in [0.25, 0.3) is 0 Å². The Kier molecular flexibility index (Phi) is 8.77. The molecule has 5 nitrogen and oxygen atoms in total. The molecule has 0 radical (unpaired) electrons. The molecule has 2 unspecified atom stereocenters. The van der Waals surface area contributed by atoms with E-state index in [0.29, 0.717) is 11.8 Å². The van der Waals surface area contributed by atoms with Gasteiger partial charge in [-0.2, -0.15) is 0 Å². The van der Waals surface area contributed by atoms with Crippen molar-refractivity contribution in [2.75, 3.05) is 46.6 Å². The highest BCUT2D eigenvalue weighted by atomic mass is 16.5. The second-order valence-corrected chi connectivity index (χ2v) is 6.85. The molecule has 25 heavy (non-hydrogen) atoms. The van der Waals surface area contributed by atoms with E-state index in [0.717, 1.165) is 58.3 Å². The zero-order chi connectivity index (χ0) is 17.9. The molecule has 0 bridgehead atoms. The second-order valence-electron chi connectivity index (χ2n) is 6.85. The zero-order valence-corrected chi connectivity index (χ0v) is 15.9. The maximum Gasteiger partial charge on any atom is 0.190 e. The van der Waals surface area contributed by atoms with Crippen LogP contribution in [0, 0.1) is 12.8 Å². The third-order valence-electron chi connectivity index (χ3n) is 4.58. The maximum absolute atomic E-state index is 5.72. The Morgan fingerprint density at radius 2 is 2.12 bits per heavy atom. The van der Waals surface area contributed by atoms with Gasteiger partial charge in [-0.05, 0) is 31.2 Å². The highest BCUT2D eigenvalue weighted by Gasteiger charge is 2.15. The van der Waals surface area contributed by atoms with Crippen molar-refractivity contribution in [3.8, 4) is 0 Å². The Balaban J connectivity index is 1.56. The fourth-order valence-electron chi connectivity index (χ4n) is 2.83. The average Bonchev–Trinajstić information content (AvgIpc) is 3.14. The number of benzene rings is 1. The molecular weight excluding hydrogens is 314 g/mol. The van der Waals surface area contributed by atoms with E-state index < -0.39 is 0 Å². The van der Waals surface area contributed by atoms with Crippen molar-refractivity contribution < 1.29 is 9.47 Å². The van der Waals surface area contributed by atoms with Crippen molar-refractivity contribution in [3.63, 3.8) is 0 Å². The monoisotopic (exact) mass is 347 g/mol. The lowest BCUT2D eigenvalue weighted by molar-refractivity contribution is 0.0888. The number of aliphatic imine (C=N–C) groups is 1. The number of aryl methyl sites for hydroxylation is 1. The zero-order valence-electron chi connectivity index (χ0n) is 15.9. The first kappa shape index (κ1) is 19.7. The standard InChI is InChI=1S/C20H33N3O2/c1-16-5-7-19(8-6-16)17(2)13-23-20(21-3)22-10-4-11-24-14-18-9-12-25-15-18/h5-8,17-18H,4,9-15H2,1-3H3,(H2,21,22,23). The van der Waals surface area contributed by atoms with E-state index in [1.54, 1.807) is 0 Å². The van der Waals surface area contributed by atoms with Gasteiger partial charge in [-0.25, -0.2) is 0 Å². The lowest BCUT2D eigenvalue weighted by atomic mass is 10.0. The normalized spacial score (nSPS) is 19.0. The lowest BCUT2D eigenvalue weighted by Crippen LogP contribution is -2.39. The second kappa shape index (κ2) is 11.1. The summed E-state index contributed by atoms with van der Waals surface area (Å²) >= 11 is 0. The first-order valence-electron chi connectivity index (χ1n) is 9.35. The summed E-state index contributed by atoms with van der Waals surface area (Å²) in [5.74, 6) is 1.88. The molecule has 0 aromatic heterocycles. The van der Waals surface area contributed by atoms with Crippen molar-refractivity contribution in [3.05, 3.63) is 35.4 Å². The van der Waals surface area contributed by atoms with Gasteiger partial charge in [0.1, 0.15) is 0 Å². The van der Waals surface area contributed by atoms with Crippen molar-refractivity contribution in [2.24, 2.45) is 10.9 Å². The summed E-state index contributed by atoms with van der Waals surface area (Å²) in [7, 11) is 1.81. The van der Waals surface area contributed by atoms with Crippen LogP contribution in [0.2, 0.25) is 0 Å². The number of hydrogen-bond acceptors (Lipinski definition) is 3. The number of hydrogen-bond donors (Lipinski definition) is 2. The van der Waals surface area contributed by atoms with E-state index in [1.165, 1.54) is 11.1 Å². The van der Waals surface area contributed by atoms with Gasteiger partial charge < -0.3 is 20.1 Å². The summed E-state index contributed by atoms with van der Waals surface area (Å²) in [5.41, 5.74) is 2.64. The molecular formula is C20H33N3O2. The molecule has 0 saturated carbocycles. The fourth-order valence-corrected chi connectivity index (χ4v) is 2.83. The molecule has 1 aromatic rings. The van der Waals surface area contributed by atoms with Crippen LogP contribution in [-0.4, -0.2) is 52.5 Å². The Hall–Kier alpha value is -1.59. The molecule has 0 aliphatic carbocycles. The van der Waals surface area contributed by atoms with Crippen molar-refractivity contribution in [1.82, 2.24) is 10.6 Å². The van der Waals surface area contributed by atoms with Crippen molar-refractivity contribution in [1.29, 1.82) is 0 Å². The van der Waals surface area contributed by atoms with Crippen molar-refractivity contribution >= 4 is 5.96 Å². The first-order valence-corrected chi connectivity index (χ1v) is 9.35. The van der Waals surface area contributed by atoms with Gasteiger partial charge in [0.15, 0.2) is 5.96 Å². The molecule has 0 amide bonds. The summed E-state index contributed by atoms with van der Waals surface area (Å²) in [6.07, 6.45) is 2.11. The summed E-state index contributed by atoms with van der Waals surface area (Å²) in [5, 5.41) is 6.75. The van der Waals surface area contributed by atoms with Crippen LogP contribution >= 0.6 is 0 Å². The van der Waals surface area contributed by atoms with Gasteiger partial charge in [0.2, 0.25) is 0 Å². The van der Waals surface area contributed by atoms with Crippen LogP contribution in [0.5, 0.6) is 0 Å². The van der Waals surface area contributed by atoms with Crippen LogP contribution in [0.1, 0.15) is 36.8 Å². The SMILES string of the molecule is CN=C(NCCCOCC1CCOC1)NCC(C)c1ccc(C)cc1. The van der Waals surface area contributed by atoms with Gasteiger partial charge in [-0.15, -0.1) is 0 Å². The van der Waals surface area contributed by atoms with Crippen LogP contribution in [0.3, 0.4) is 0 Å². The van der Waals surface area contributed by atoms with Gasteiger partial charge in [0.05, 0.1) is 13.2 Å². The summed E-state index contributed by atoms with van der Waals surface area (Å²) in [4.78, 5) is 4.29. The average molecular weight is 348 g/mol.